The monoisotopic (exact) mass is 1300 g/mol. The first-order valence-corrected chi connectivity index (χ1v) is 33.0. The summed E-state index contributed by atoms with van der Waals surface area (Å²) >= 11 is 0. The van der Waals surface area contributed by atoms with Crippen molar-refractivity contribution in [3.63, 3.8) is 0 Å². The lowest BCUT2D eigenvalue weighted by molar-refractivity contribution is -0.0000203. The minimum absolute atomic E-state index is 0. The average molecular weight is 1300 g/mol. The maximum atomic E-state index is 4.98. The third kappa shape index (κ3) is 12.4. The van der Waals surface area contributed by atoms with Crippen LogP contribution in [0.1, 0.15) is 51.9 Å². The zero-order valence-electron chi connectivity index (χ0n) is 52.7. The van der Waals surface area contributed by atoms with Gasteiger partial charge in [-0.1, -0.05) is 72.8 Å². The van der Waals surface area contributed by atoms with Crippen molar-refractivity contribution in [2.45, 2.75) is 52.7 Å². The molecule has 0 bridgehead atoms. The Morgan fingerprint density at radius 1 is 0.438 bits per heavy atom. The van der Waals surface area contributed by atoms with Gasteiger partial charge < -0.3 is 17.1 Å². The number of pyridine rings is 8. The molecule has 18 rings (SSSR count). The number of benzene rings is 3. The molecule has 1 aliphatic rings. The molecule has 15 heterocycles. The van der Waals surface area contributed by atoms with Crippen molar-refractivity contribution < 1.29 is 17.1 Å². The van der Waals surface area contributed by atoms with Gasteiger partial charge in [0.2, 0.25) is 0 Å². The Kier molecular flexibility index (Phi) is 17.3. The first kappa shape index (κ1) is 61.6. The maximum Gasteiger partial charge on any atom is 0.336 e. The summed E-state index contributed by atoms with van der Waals surface area (Å²) in [7, 11) is -0.433. The molecule has 0 atom stereocenters. The van der Waals surface area contributed by atoms with Gasteiger partial charge in [0.1, 0.15) is 29.3 Å². The molecule has 3 aromatic carbocycles. The first-order chi connectivity index (χ1) is 46.7. The molecule has 17 aromatic rings. The van der Waals surface area contributed by atoms with Gasteiger partial charge in [0, 0.05) is 90.2 Å². The van der Waals surface area contributed by atoms with Crippen LogP contribution in [0, 0.1) is 20.8 Å². The predicted octanol–water partition coefficient (Wildman–Crippen LogP) is 7.65. The van der Waals surface area contributed by atoms with Gasteiger partial charge in [-0.25, -0.2) is 52.2 Å². The van der Waals surface area contributed by atoms with E-state index in [1.54, 1.807) is 28.5 Å². The standard InChI is InChI=1S/C26H23N3P.C18H17N7.C18H13N7.C10H8N4O.ClH/c1-21-12-11-19-26-27-25(28-29(21)26)20-30(22-13-5-2-6-14-22,23-15-7-3-8-16-23)24-17-9-4-10-18-24;2*1-12-4-2-6-17-20-15(23-25(12)17)7-8-16-21-18-13-5-3-10-19-14(13)9-11-24(18)22-16;1-15-10-12-9-7-3-2-5-11-8(7)4-6-14(9)13-10;/h2-19H,20H2,1H3;2-6,10H,7-9,11H2,1H3;2-11H,1H3;2-6H,1H3;1H/q+1;;;;/p-1/b;;8-7+;;. The second-order valence-corrected chi connectivity index (χ2v) is 26.1. The van der Waals surface area contributed by atoms with Crippen LogP contribution in [-0.2, 0) is 32.0 Å². The summed E-state index contributed by atoms with van der Waals surface area (Å²) in [6.45, 7) is 6.93. The molecule has 0 spiro atoms. The molecule has 0 N–H and O–H groups in total. The summed E-state index contributed by atoms with van der Waals surface area (Å²) in [4.78, 5) is 40.6. The van der Waals surface area contributed by atoms with Gasteiger partial charge in [-0.05, 0) is 154 Å². The van der Waals surface area contributed by atoms with Crippen LogP contribution in [0.4, 0.5) is 0 Å². The SMILES string of the molecule is COc1nc2c3cccnc3ccn2n1.Cc1cccc2nc(/C=C/c3nc4c5cccnc5ccn4n3)nn12.Cc1cccc2nc(CCc3nc4n(n3)CCc3ncccc3-4)nn12.Cc1cccc2nc(C[P+](c3ccccc3)(c3ccccc3)c3ccccc3)nn12.[Cl-]. The molecule has 0 saturated carbocycles. The zero-order chi connectivity index (χ0) is 64.2. The third-order valence-corrected chi connectivity index (χ3v) is 20.7. The number of nitrogens with zero attached hydrogens (tertiary/aromatic N) is 21. The van der Waals surface area contributed by atoms with E-state index >= 15 is 0 Å². The quantitative estimate of drug-likeness (QED) is 0.113. The van der Waals surface area contributed by atoms with Gasteiger partial charge >= 0.3 is 6.01 Å². The van der Waals surface area contributed by atoms with Crippen molar-refractivity contribution >= 4 is 85.4 Å². The van der Waals surface area contributed by atoms with E-state index in [9.17, 15) is 0 Å². The molecule has 0 saturated heterocycles. The molecular formula is C72H61ClN21OP. The average Bonchev–Trinajstić information content (AvgIpc) is 1.55. The van der Waals surface area contributed by atoms with Crippen molar-refractivity contribution in [3.8, 4) is 17.4 Å². The predicted molar refractivity (Wildman–Crippen MR) is 368 cm³/mol. The Morgan fingerprint density at radius 3 is 1.49 bits per heavy atom. The van der Waals surface area contributed by atoms with E-state index in [-0.39, 0.29) is 12.4 Å². The molecule has 96 heavy (non-hydrogen) atoms. The molecule has 0 unspecified atom stereocenters. The van der Waals surface area contributed by atoms with Crippen molar-refractivity contribution in [3.05, 3.63) is 277 Å². The number of aryl methyl sites for hydroxylation is 7. The lowest BCUT2D eigenvalue weighted by Gasteiger charge is -2.26. The first-order valence-electron chi connectivity index (χ1n) is 31.0. The number of ether oxygens (including phenoxy) is 1. The Labute approximate surface area is 556 Å². The van der Waals surface area contributed by atoms with Crippen molar-refractivity contribution in [2.24, 2.45) is 0 Å². The summed E-state index contributed by atoms with van der Waals surface area (Å²) in [6.07, 6.45) is 15.8. The van der Waals surface area contributed by atoms with Gasteiger partial charge in [0.15, 0.2) is 63.2 Å². The number of aromatic nitrogens is 21. The van der Waals surface area contributed by atoms with Crippen LogP contribution in [0.25, 0.3) is 73.6 Å². The summed E-state index contributed by atoms with van der Waals surface area (Å²) in [6, 6.07) is 66.6. The van der Waals surface area contributed by atoms with E-state index < -0.39 is 7.26 Å². The molecule has 1 aliphatic heterocycles. The molecule has 0 amide bonds. The van der Waals surface area contributed by atoms with Crippen LogP contribution < -0.4 is 33.1 Å². The molecule has 0 radical (unpaired) electrons. The Balaban J connectivity index is 0.000000112. The van der Waals surface area contributed by atoms with E-state index in [1.807, 2.05) is 154 Å². The summed E-state index contributed by atoms with van der Waals surface area (Å²) in [5.41, 5.74) is 11.3. The number of methoxy groups -OCH3 is 1. The van der Waals surface area contributed by atoms with E-state index in [0.29, 0.717) is 17.7 Å². The van der Waals surface area contributed by atoms with Crippen molar-refractivity contribution in [1.29, 1.82) is 0 Å². The third-order valence-electron chi connectivity index (χ3n) is 16.4. The Hall–Kier alpha value is -11.9. The molecule has 14 aromatic heterocycles. The largest absolute Gasteiger partial charge is 1.00 e. The Bertz CT molecular complexity index is 5510. The summed E-state index contributed by atoms with van der Waals surface area (Å²) in [5, 5.41) is 33.2. The molecular weight excluding hydrogens is 1240 g/mol. The Morgan fingerprint density at radius 2 is 0.927 bits per heavy atom. The van der Waals surface area contributed by atoms with Crippen molar-refractivity contribution in [2.75, 3.05) is 7.11 Å². The number of rotatable bonds is 11. The highest BCUT2D eigenvalue weighted by molar-refractivity contribution is 7.95. The van der Waals surface area contributed by atoms with Crippen LogP contribution in [0.15, 0.2) is 225 Å². The van der Waals surface area contributed by atoms with Gasteiger partial charge in [-0.15, -0.1) is 20.4 Å². The summed E-state index contributed by atoms with van der Waals surface area (Å²) in [5.74, 6) is 4.69. The smallest absolute Gasteiger partial charge is 0.336 e. The lowest BCUT2D eigenvalue weighted by Crippen LogP contribution is -3.00. The fourth-order valence-electron chi connectivity index (χ4n) is 11.8. The highest BCUT2D eigenvalue weighted by Gasteiger charge is 2.46. The van der Waals surface area contributed by atoms with Gasteiger partial charge in [0.25, 0.3) is 0 Å². The van der Waals surface area contributed by atoms with Crippen LogP contribution in [-0.4, -0.2) is 110 Å². The fraction of sp³-hybridized carbons (Fsp3) is 0.125. The van der Waals surface area contributed by atoms with Gasteiger partial charge in [-0.2, -0.15) is 15.2 Å². The minimum Gasteiger partial charge on any atom is -1.00 e. The fourth-order valence-corrected chi connectivity index (χ4v) is 15.9. The number of fused-ring (bicyclic) bond motifs is 12. The molecule has 472 valence electrons. The number of hydrogen-bond donors (Lipinski definition) is 0. The van der Waals surface area contributed by atoms with Crippen molar-refractivity contribution in [1.82, 2.24) is 103 Å². The second-order valence-electron chi connectivity index (χ2n) is 22.6. The van der Waals surface area contributed by atoms with E-state index in [0.717, 1.165) is 134 Å². The highest BCUT2D eigenvalue weighted by atomic mass is 35.5. The molecule has 0 fully saturated rings. The topological polar surface area (TPSA) is 230 Å². The zero-order valence-corrected chi connectivity index (χ0v) is 54.3. The van der Waals surface area contributed by atoms with Crippen LogP contribution in [0.2, 0.25) is 0 Å². The van der Waals surface area contributed by atoms with Crippen LogP contribution in [0.5, 0.6) is 6.01 Å². The van der Waals surface area contributed by atoms with E-state index in [1.165, 1.54) is 15.9 Å². The van der Waals surface area contributed by atoms with Crippen LogP contribution >= 0.6 is 7.26 Å². The minimum atomic E-state index is -1.98. The maximum absolute atomic E-state index is 4.98. The molecule has 24 heteroatoms. The molecule has 0 aliphatic carbocycles. The second kappa shape index (κ2) is 27.0. The number of halogens is 1. The van der Waals surface area contributed by atoms with Gasteiger partial charge in [-0.3, -0.25) is 15.0 Å². The summed E-state index contributed by atoms with van der Waals surface area (Å²) < 4.78 is 16.1. The van der Waals surface area contributed by atoms with E-state index in [2.05, 4.69) is 170 Å². The lowest BCUT2D eigenvalue weighted by atomic mass is 10.1. The van der Waals surface area contributed by atoms with Gasteiger partial charge in [0.05, 0.1) is 23.8 Å². The van der Waals surface area contributed by atoms with Crippen LogP contribution in [0.3, 0.4) is 0 Å². The number of hydrogen-bond acceptors (Lipinski definition) is 16. The normalized spacial score (nSPS) is 11.9. The molecule has 22 nitrogen and oxygen atoms in total. The van der Waals surface area contributed by atoms with E-state index in [4.69, 9.17) is 19.8 Å². The highest BCUT2D eigenvalue weighted by Crippen LogP contribution is 2.57.